The summed E-state index contributed by atoms with van der Waals surface area (Å²) in [5, 5.41) is 1.27. The number of carbonyl (C=O) groups is 2. The van der Waals surface area contributed by atoms with Gasteiger partial charge in [0, 0.05) is 12.0 Å². The number of hydrogen-bond donors (Lipinski definition) is 0. The van der Waals surface area contributed by atoms with Gasteiger partial charge in [-0.3, -0.25) is 14.4 Å². The molecule has 1 atom stereocenters. The second-order valence-corrected chi connectivity index (χ2v) is 3.82. The van der Waals surface area contributed by atoms with Gasteiger partial charge in [0.1, 0.15) is 5.78 Å². The molecular weight excluding hydrogens is 206 g/mol. The van der Waals surface area contributed by atoms with E-state index < -0.39 is 0 Å². The molecule has 1 aliphatic rings. The van der Waals surface area contributed by atoms with Crippen molar-refractivity contribution in [1.82, 2.24) is 5.06 Å². The minimum Gasteiger partial charge on any atom is -0.300 e. The Labute approximate surface area is 93.8 Å². The zero-order chi connectivity index (χ0) is 11.7. The summed E-state index contributed by atoms with van der Waals surface area (Å²) in [6.45, 7) is 1.51. The van der Waals surface area contributed by atoms with Crippen molar-refractivity contribution in [3.8, 4) is 0 Å². The van der Waals surface area contributed by atoms with Gasteiger partial charge in [0.05, 0.1) is 13.2 Å². The highest BCUT2D eigenvalue weighted by Gasteiger charge is 2.37. The first-order valence-electron chi connectivity index (χ1n) is 5.11. The monoisotopic (exact) mass is 219 g/mol. The molecule has 0 aromatic heterocycles. The lowest BCUT2D eigenvalue weighted by molar-refractivity contribution is -0.132. The van der Waals surface area contributed by atoms with Gasteiger partial charge in [0.25, 0.3) is 5.91 Å². The van der Waals surface area contributed by atoms with E-state index >= 15 is 0 Å². The van der Waals surface area contributed by atoms with Crippen LogP contribution in [0.1, 0.15) is 35.3 Å². The van der Waals surface area contributed by atoms with Gasteiger partial charge in [0.2, 0.25) is 0 Å². The molecule has 1 aromatic rings. The number of ketones is 1. The molecule has 0 saturated heterocycles. The van der Waals surface area contributed by atoms with Crippen LogP contribution in [0.3, 0.4) is 0 Å². The van der Waals surface area contributed by atoms with Gasteiger partial charge in [-0.2, -0.15) is 0 Å². The van der Waals surface area contributed by atoms with Crippen molar-refractivity contribution in [2.45, 2.75) is 19.4 Å². The normalized spacial score (nSPS) is 18.8. The molecule has 1 heterocycles. The summed E-state index contributed by atoms with van der Waals surface area (Å²) in [5.41, 5.74) is 1.49. The van der Waals surface area contributed by atoms with Crippen LogP contribution in [0.25, 0.3) is 0 Å². The molecule has 0 N–H and O–H groups in total. The van der Waals surface area contributed by atoms with E-state index in [0.717, 1.165) is 5.56 Å². The van der Waals surface area contributed by atoms with Gasteiger partial charge in [-0.1, -0.05) is 18.2 Å². The van der Waals surface area contributed by atoms with Crippen LogP contribution in [-0.2, 0) is 9.63 Å². The smallest absolute Gasteiger partial charge is 0.278 e. The Balaban J connectivity index is 2.42. The number of carbonyl (C=O) groups excluding carboxylic acids is 2. The van der Waals surface area contributed by atoms with Crippen molar-refractivity contribution < 1.29 is 14.4 Å². The average Bonchev–Trinajstić information content (AvgIpc) is 2.52. The highest BCUT2D eigenvalue weighted by Crippen LogP contribution is 2.35. The molecule has 0 aliphatic carbocycles. The fourth-order valence-corrected chi connectivity index (χ4v) is 2.04. The highest BCUT2D eigenvalue weighted by atomic mass is 16.7. The fraction of sp³-hybridized carbons (Fsp3) is 0.333. The van der Waals surface area contributed by atoms with Crippen molar-refractivity contribution in [2.24, 2.45) is 0 Å². The van der Waals surface area contributed by atoms with Crippen molar-refractivity contribution in [3.63, 3.8) is 0 Å². The van der Waals surface area contributed by atoms with E-state index in [-0.39, 0.29) is 24.2 Å². The Morgan fingerprint density at radius 2 is 2.12 bits per heavy atom. The minimum absolute atomic E-state index is 0.0385. The topological polar surface area (TPSA) is 46.6 Å². The standard InChI is InChI=1S/C12H13NO3/c1-8(14)7-11-9-5-3-4-6-10(9)12(15)13(11)16-2/h3-6,11H,7H2,1-2H3. The SMILES string of the molecule is CON1C(=O)c2ccccc2C1CC(C)=O. The molecule has 84 valence electrons. The van der Waals surface area contributed by atoms with Crippen LogP contribution in [-0.4, -0.2) is 23.9 Å². The van der Waals surface area contributed by atoms with Crippen molar-refractivity contribution >= 4 is 11.7 Å². The third-order valence-electron chi connectivity index (χ3n) is 2.71. The molecule has 2 rings (SSSR count). The Hall–Kier alpha value is -1.68. The van der Waals surface area contributed by atoms with Crippen LogP contribution in [0.15, 0.2) is 24.3 Å². The van der Waals surface area contributed by atoms with Crippen molar-refractivity contribution in [1.29, 1.82) is 0 Å². The van der Waals surface area contributed by atoms with Crippen molar-refractivity contribution in [3.05, 3.63) is 35.4 Å². The molecule has 0 spiro atoms. The van der Waals surface area contributed by atoms with Crippen LogP contribution < -0.4 is 0 Å². The van der Waals surface area contributed by atoms with Gasteiger partial charge in [-0.25, -0.2) is 5.06 Å². The molecule has 0 radical (unpaired) electrons. The number of hydrogen-bond acceptors (Lipinski definition) is 3. The maximum Gasteiger partial charge on any atom is 0.278 e. The Morgan fingerprint density at radius 3 is 2.75 bits per heavy atom. The number of fused-ring (bicyclic) bond motifs is 1. The van der Waals surface area contributed by atoms with E-state index in [0.29, 0.717) is 5.56 Å². The van der Waals surface area contributed by atoms with E-state index in [4.69, 9.17) is 4.84 Å². The highest BCUT2D eigenvalue weighted by molar-refractivity contribution is 5.99. The van der Waals surface area contributed by atoms with Crippen LogP contribution in [0, 0.1) is 0 Å². The fourth-order valence-electron chi connectivity index (χ4n) is 2.04. The van der Waals surface area contributed by atoms with E-state index in [1.807, 2.05) is 12.1 Å². The predicted octanol–water partition coefficient (Wildman–Crippen LogP) is 1.72. The average molecular weight is 219 g/mol. The van der Waals surface area contributed by atoms with Crippen LogP contribution in [0.2, 0.25) is 0 Å². The quantitative estimate of drug-likeness (QED) is 0.777. The summed E-state index contributed by atoms with van der Waals surface area (Å²) in [6.07, 6.45) is 0.288. The minimum atomic E-state index is -0.286. The summed E-state index contributed by atoms with van der Waals surface area (Å²) < 4.78 is 0. The summed E-state index contributed by atoms with van der Waals surface area (Å²) in [4.78, 5) is 28.1. The molecule has 1 amide bonds. The number of amides is 1. The summed E-state index contributed by atoms with van der Waals surface area (Å²) >= 11 is 0. The molecule has 0 fully saturated rings. The number of nitrogens with zero attached hydrogens (tertiary/aromatic N) is 1. The van der Waals surface area contributed by atoms with E-state index in [1.54, 1.807) is 12.1 Å². The molecule has 0 bridgehead atoms. The maximum absolute atomic E-state index is 11.9. The van der Waals surface area contributed by atoms with Gasteiger partial charge in [-0.05, 0) is 18.6 Å². The lowest BCUT2D eigenvalue weighted by Gasteiger charge is -2.21. The van der Waals surface area contributed by atoms with Crippen LogP contribution >= 0.6 is 0 Å². The van der Waals surface area contributed by atoms with Crippen molar-refractivity contribution in [2.75, 3.05) is 7.11 Å². The Bertz CT molecular complexity index is 442. The number of hydroxylamine groups is 2. The number of benzene rings is 1. The first-order chi connectivity index (χ1) is 7.65. The Kier molecular flexibility index (Phi) is 2.75. The largest absolute Gasteiger partial charge is 0.300 e. The third kappa shape index (κ3) is 1.61. The number of Topliss-reactive ketones (excluding diaryl/α,β-unsaturated/α-hetero) is 1. The van der Waals surface area contributed by atoms with E-state index in [2.05, 4.69) is 0 Å². The summed E-state index contributed by atoms with van der Waals surface area (Å²) in [6, 6.07) is 6.99. The van der Waals surface area contributed by atoms with Gasteiger partial charge < -0.3 is 0 Å². The molecule has 16 heavy (non-hydrogen) atoms. The lowest BCUT2D eigenvalue weighted by atomic mass is 10.0. The number of rotatable bonds is 3. The van der Waals surface area contributed by atoms with Gasteiger partial charge >= 0.3 is 0 Å². The zero-order valence-corrected chi connectivity index (χ0v) is 9.27. The van der Waals surface area contributed by atoms with E-state index in [1.165, 1.54) is 19.1 Å². The molecule has 1 aromatic carbocycles. The predicted molar refractivity (Wildman–Crippen MR) is 57.7 cm³/mol. The summed E-state index contributed by atoms with van der Waals surface area (Å²) in [5.74, 6) is -0.138. The maximum atomic E-state index is 11.9. The third-order valence-corrected chi connectivity index (χ3v) is 2.71. The summed E-state index contributed by atoms with van der Waals surface area (Å²) in [7, 11) is 1.44. The zero-order valence-electron chi connectivity index (χ0n) is 9.27. The lowest BCUT2D eigenvalue weighted by Crippen LogP contribution is -2.27. The first-order valence-corrected chi connectivity index (χ1v) is 5.11. The second-order valence-electron chi connectivity index (χ2n) is 3.82. The molecule has 0 saturated carbocycles. The van der Waals surface area contributed by atoms with Gasteiger partial charge in [-0.15, -0.1) is 0 Å². The van der Waals surface area contributed by atoms with E-state index in [9.17, 15) is 9.59 Å². The second kappa shape index (κ2) is 4.06. The first kappa shape index (κ1) is 10.8. The molecule has 4 nitrogen and oxygen atoms in total. The Morgan fingerprint density at radius 1 is 1.44 bits per heavy atom. The molecule has 4 heteroatoms. The van der Waals surface area contributed by atoms with Gasteiger partial charge in [0.15, 0.2) is 0 Å². The molecule has 1 unspecified atom stereocenters. The van der Waals surface area contributed by atoms with Crippen LogP contribution in [0.4, 0.5) is 0 Å². The van der Waals surface area contributed by atoms with Crippen LogP contribution in [0.5, 0.6) is 0 Å². The molecular formula is C12H13NO3. The molecule has 1 aliphatic heterocycles.